The zero-order valence-corrected chi connectivity index (χ0v) is 19.1. The molecule has 2 fully saturated rings. The lowest BCUT2D eigenvalue weighted by Gasteiger charge is -2.38. The van der Waals surface area contributed by atoms with Gasteiger partial charge in [-0.3, -0.25) is 9.59 Å². The van der Waals surface area contributed by atoms with Crippen LogP contribution in [0.1, 0.15) is 60.7 Å². The molecular formula is C24H27N5O2S. The standard InChI is InChI=1S/C24H27N5O2S/c1-13-3-7-20(16-6-8-21-19(9-16)27-14(2)32-21)29(12-13)24(31)23(30)28-17-10-18(15-4-5-15)22(25)26-11-17/h6,8-11,13,15,20H,3-5,7,12H2,1-2H3,(H2,25,26)(H,28,30)/t13-,20+/m1/s1. The highest BCUT2D eigenvalue weighted by Gasteiger charge is 2.35. The van der Waals surface area contributed by atoms with Gasteiger partial charge in [0.15, 0.2) is 0 Å². The number of pyridine rings is 1. The van der Waals surface area contributed by atoms with Crippen molar-refractivity contribution in [1.29, 1.82) is 0 Å². The Labute approximate surface area is 191 Å². The first-order valence-corrected chi connectivity index (χ1v) is 11.9. The Morgan fingerprint density at radius 1 is 1.19 bits per heavy atom. The van der Waals surface area contributed by atoms with E-state index in [9.17, 15) is 9.59 Å². The van der Waals surface area contributed by atoms with E-state index in [2.05, 4.69) is 40.4 Å². The summed E-state index contributed by atoms with van der Waals surface area (Å²) in [5.74, 6) is 0.0952. The number of benzene rings is 1. The number of hydrogen-bond acceptors (Lipinski definition) is 6. The second kappa shape index (κ2) is 8.16. The summed E-state index contributed by atoms with van der Waals surface area (Å²) in [4.78, 5) is 36.7. The molecule has 0 unspecified atom stereocenters. The molecule has 2 aliphatic rings. The van der Waals surface area contributed by atoms with Gasteiger partial charge in [0.2, 0.25) is 0 Å². The molecule has 7 nitrogen and oxygen atoms in total. The van der Waals surface area contributed by atoms with Gasteiger partial charge in [-0.1, -0.05) is 13.0 Å². The maximum Gasteiger partial charge on any atom is 0.313 e. The van der Waals surface area contributed by atoms with Crippen LogP contribution < -0.4 is 11.1 Å². The summed E-state index contributed by atoms with van der Waals surface area (Å²) in [5.41, 5.74) is 9.41. The van der Waals surface area contributed by atoms with Gasteiger partial charge in [-0.05, 0) is 73.8 Å². The molecule has 32 heavy (non-hydrogen) atoms. The van der Waals surface area contributed by atoms with E-state index in [4.69, 9.17) is 5.73 Å². The van der Waals surface area contributed by atoms with Crippen molar-refractivity contribution in [2.24, 2.45) is 5.92 Å². The summed E-state index contributed by atoms with van der Waals surface area (Å²) < 4.78 is 1.13. The highest BCUT2D eigenvalue weighted by Crippen LogP contribution is 2.43. The second-order valence-electron chi connectivity index (χ2n) is 9.04. The van der Waals surface area contributed by atoms with Crippen LogP contribution in [0.5, 0.6) is 0 Å². The Morgan fingerprint density at radius 3 is 2.78 bits per heavy atom. The fraction of sp³-hybridized carbons (Fsp3) is 0.417. The number of carbonyl (C=O) groups excluding carboxylic acids is 2. The third kappa shape index (κ3) is 4.07. The Morgan fingerprint density at radius 2 is 2.00 bits per heavy atom. The molecule has 2 amide bonds. The largest absolute Gasteiger partial charge is 0.383 e. The van der Waals surface area contributed by atoms with E-state index in [1.807, 2.05) is 13.0 Å². The number of hydrogen-bond donors (Lipinski definition) is 2. The van der Waals surface area contributed by atoms with Crippen LogP contribution in [0.25, 0.3) is 10.2 Å². The second-order valence-corrected chi connectivity index (χ2v) is 10.3. The first-order valence-electron chi connectivity index (χ1n) is 11.1. The smallest absolute Gasteiger partial charge is 0.313 e. The van der Waals surface area contributed by atoms with Gasteiger partial charge in [-0.2, -0.15) is 0 Å². The summed E-state index contributed by atoms with van der Waals surface area (Å²) in [6.45, 7) is 4.67. The van der Waals surface area contributed by atoms with Crippen molar-refractivity contribution in [1.82, 2.24) is 14.9 Å². The van der Waals surface area contributed by atoms with Gasteiger partial charge < -0.3 is 16.0 Å². The molecule has 1 aliphatic heterocycles. The van der Waals surface area contributed by atoms with Crippen LogP contribution in [0.4, 0.5) is 11.5 Å². The summed E-state index contributed by atoms with van der Waals surface area (Å²) in [5, 5.41) is 3.77. The Balaban J connectivity index is 1.38. The number of aromatic nitrogens is 2. The average Bonchev–Trinajstić information content (AvgIpc) is 3.54. The third-order valence-corrected chi connectivity index (χ3v) is 7.35. The molecule has 1 aliphatic carbocycles. The maximum atomic E-state index is 13.3. The highest BCUT2D eigenvalue weighted by atomic mass is 32.1. The van der Waals surface area contributed by atoms with Crippen LogP contribution in [-0.4, -0.2) is 33.2 Å². The van der Waals surface area contributed by atoms with Crippen molar-refractivity contribution < 1.29 is 9.59 Å². The first-order chi connectivity index (χ1) is 15.4. The van der Waals surface area contributed by atoms with E-state index in [-0.39, 0.29) is 6.04 Å². The van der Waals surface area contributed by atoms with Crippen molar-refractivity contribution in [3.63, 3.8) is 0 Å². The summed E-state index contributed by atoms with van der Waals surface area (Å²) in [6, 6.07) is 7.89. The number of nitrogens with zero attached hydrogens (tertiary/aromatic N) is 3. The number of rotatable bonds is 3. The zero-order valence-electron chi connectivity index (χ0n) is 18.3. The van der Waals surface area contributed by atoms with Crippen LogP contribution in [-0.2, 0) is 9.59 Å². The first kappa shape index (κ1) is 20.9. The molecule has 2 aromatic heterocycles. The van der Waals surface area contributed by atoms with Gasteiger partial charge in [-0.25, -0.2) is 9.97 Å². The number of nitrogen functional groups attached to an aromatic ring is 1. The van der Waals surface area contributed by atoms with Crippen molar-refractivity contribution in [3.05, 3.63) is 46.6 Å². The van der Waals surface area contributed by atoms with Gasteiger partial charge in [-0.15, -0.1) is 11.3 Å². The van der Waals surface area contributed by atoms with Gasteiger partial charge in [0.1, 0.15) is 5.82 Å². The Kier molecular flexibility index (Phi) is 5.33. The van der Waals surface area contributed by atoms with Gasteiger partial charge in [0, 0.05) is 6.54 Å². The molecule has 1 aromatic carbocycles. The van der Waals surface area contributed by atoms with Crippen LogP contribution >= 0.6 is 11.3 Å². The molecule has 8 heteroatoms. The summed E-state index contributed by atoms with van der Waals surface area (Å²) >= 11 is 1.66. The minimum absolute atomic E-state index is 0.137. The molecule has 3 heterocycles. The van der Waals surface area contributed by atoms with Gasteiger partial charge >= 0.3 is 11.8 Å². The maximum absolute atomic E-state index is 13.3. The molecule has 2 atom stereocenters. The van der Waals surface area contributed by atoms with Gasteiger partial charge in [0.05, 0.1) is 33.2 Å². The minimum Gasteiger partial charge on any atom is -0.383 e. The summed E-state index contributed by atoms with van der Waals surface area (Å²) in [7, 11) is 0. The van der Waals surface area contributed by atoms with Crippen molar-refractivity contribution in [3.8, 4) is 0 Å². The quantitative estimate of drug-likeness (QED) is 0.577. The van der Waals surface area contributed by atoms with E-state index < -0.39 is 11.8 Å². The predicted molar refractivity (Wildman–Crippen MR) is 126 cm³/mol. The number of aryl methyl sites for hydroxylation is 1. The molecule has 0 radical (unpaired) electrons. The number of thiazole rings is 1. The fourth-order valence-corrected chi connectivity index (χ4v) is 5.40. The Bertz CT molecular complexity index is 1200. The summed E-state index contributed by atoms with van der Waals surface area (Å²) in [6.07, 6.45) is 5.51. The minimum atomic E-state index is -0.636. The SMILES string of the molecule is Cc1nc2cc([C@@H]3CC[C@@H](C)CN3C(=O)C(=O)Nc3cnc(N)c(C4CC4)c3)ccc2s1. The molecule has 3 N–H and O–H groups in total. The number of amides is 2. The fourth-order valence-electron chi connectivity index (χ4n) is 4.59. The molecule has 1 saturated carbocycles. The van der Waals surface area contributed by atoms with E-state index in [1.54, 1.807) is 16.2 Å². The Hall–Kier alpha value is -3.00. The van der Waals surface area contributed by atoms with Crippen LogP contribution in [0.2, 0.25) is 0 Å². The number of carbonyl (C=O) groups is 2. The van der Waals surface area contributed by atoms with E-state index in [0.717, 1.165) is 52.0 Å². The molecule has 5 rings (SSSR count). The normalized spacial score (nSPS) is 21.0. The van der Waals surface area contributed by atoms with Crippen molar-refractivity contribution in [2.45, 2.75) is 51.5 Å². The number of anilines is 2. The van der Waals surface area contributed by atoms with E-state index in [0.29, 0.717) is 29.9 Å². The lowest BCUT2D eigenvalue weighted by Crippen LogP contribution is -2.46. The number of piperidine rings is 1. The number of nitrogens with two attached hydrogens (primary N) is 1. The zero-order chi connectivity index (χ0) is 22.4. The van der Waals surface area contributed by atoms with Crippen molar-refractivity contribution >= 4 is 44.9 Å². The highest BCUT2D eigenvalue weighted by molar-refractivity contribution is 7.18. The molecule has 0 bridgehead atoms. The number of fused-ring (bicyclic) bond motifs is 1. The molecule has 166 valence electrons. The van der Waals surface area contributed by atoms with Crippen LogP contribution in [0.3, 0.4) is 0 Å². The van der Waals surface area contributed by atoms with Gasteiger partial charge in [0.25, 0.3) is 0 Å². The van der Waals surface area contributed by atoms with Crippen molar-refractivity contribution in [2.75, 3.05) is 17.6 Å². The lowest BCUT2D eigenvalue weighted by atomic mass is 9.89. The average molecular weight is 450 g/mol. The lowest BCUT2D eigenvalue weighted by molar-refractivity contribution is -0.146. The number of nitrogens with one attached hydrogen (secondary N) is 1. The molecular weight excluding hydrogens is 422 g/mol. The molecule has 3 aromatic rings. The van der Waals surface area contributed by atoms with Crippen LogP contribution in [0, 0.1) is 12.8 Å². The topological polar surface area (TPSA) is 101 Å². The molecule has 0 spiro atoms. The predicted octanol–water partition coefficient (Wildman–Crippen LogP) is 4.40. The van der Waals surface area contributed by atoms with E-state index >= 15 is 0 Å². The molecule has 1 saturated heterocycles. The third-order valence-electron chi connectivity index (χ3n) is 6.40. The van der Waals surface area contributed by atoms with E-state index in [1.165, 1.54) is 6.20 Å². The monoisotopic (exact) mass is 449 g/mol. The number of likely N-dealkylation sites (tertiary alicyclic amines) is 1. The van der Waals surface area contributed by atoms with Crippen LogP contribution in [0.15, 0.2) is 30.5 Å².